The van der Waals surface area contributed by atoms with Crippen molar-refractivity contribution in [2.75, 3.05) is 0 Å². The number of rotatable bonds is 3. The number of hydrogen-bond acceptors (Lipinski definition) is 2. The number of nitrogens with zero attached hydrogens (tertiary/aromatic N) is 2. The molecule has 0 aliphatic heterocycles. The Morgan fingerprint density at radius 1 is 1.39 bits per heavy atom. The molecule has 0 spiro atoms. The van der Waals surface area contributed by atoms with Gasteiger partial charge in [0.1, 0.15) is 11.4 Å². The molecule has 0 saturated carbocycles. The maximum absolute atomic E-state index is 13.5. The summed E-state index contributed by atoms with van der Waals surface area (Å²) in [5.74, 6) is -1.33. The lowest BCUT2D eigenvalue weighted by molar-refractivity contribution is 0.0695. The van der Waals surface area contributed by atoms with Crippen LogP contribution in [0.15, 0.2) is 24.3 Å². The highest BCUT2D eigenvalue weighted by atomic mass is 19.1. The van der Waals surface area contributed by atoms with Gasteiger partial charge < -0.3 is 5.11 Å². The van der Waals surface area contributed by atoms with Crippen LogP contribution in [-0.2, 0) is 6.54 Å². The van der Waals surface area contributed by atoms with Crippen molar-refractivity contribution in [1.82, 2.24) is 9.78 Å². The molecular formula is C13H13FN2O2. The predicted octanol–water partition coefficient (Wildman–Crippen LogP) is 2.39. The maximum atomic E-state index is 13.5. The van der Waals surface area contributed by atoms with Crippen LogP contribution in [0.2, 0.25) is 0 Å². The lowest BCUT2D eigenvalue weighted by Gasteiger charge is -2.05. The van der Waals surface area contributed by atoms with Gasteiger partial charge in [-0.05, 0) is 19.9 Å². The second kappa shape index (κ2) is 4.60. The highest BCUT2D eigenvalue weighted by Gasteiger charge is 2.18. The van der Waals surface area contributed by atoms with Crippen LogP contribution in [0.1, 0.15) is 27.3 Å². The molecule has 18 heavy (non-hydrogen) atoms. The Morgan fingerprint density at radius 2 is 2.06 bits per heavy atom. The lowest BCUT2D eigenvalue weighted by atomic mass is 10.2. The number of benzene rings is 1. The molecule has 1 aromatic heterocycles. The van der Waals surface area contributed by atoms with E-state index in [4.69, 9.17) is 5.11 Å². The first-order chi connectivity index (χ1) is 8.50. The number of hydrogen-bond donors (Lipinski definition) is 1. The summed E-state index contributed by atoms with van der Waals surface area (Å²) >= 11 is 0. The minimum atomic E-state index is -1.01. The topological polar surface area (TPSA) is 55.1 Å². The fraction of sp³-hybridized carbons (Fsp3) is 0.231. The Balaban J connectivity index is 2.39. The van der Waals surface area contributed by atoms with E-state index in [0.717, 1.165) is 0 Å². The van der Waals surface area contributed by atoms with Gasteiger partial charge in [0, 0.05) is 5.56 Å². The lowest BCUT2D eigenvalue weighted by Crippen LogP contribution is -2.07. The molecule has 94 valence electrons. The molecule has 0 amide bonds. The van der Waals surface area contributed by atoms with Crippen LogP contribution in [0.5, 0.6) is 0 Å². The second-order valence-electron chi connectivity index (χ2n) is 4.10. The van der Waals surface area contributed by atoms with Crippen LogP contribution in [0.3, 0.4) is 0 Å². The fourth-order valence-electron chi connectivity index (χ4n) is 1.95. The van der Waals surface area contributed by atoms with Gasteiger partial charge in [-0.3, -0.25) is 4.68 Å². The van der Waals surface area contributed by atoms with Gasteiger partial charge in [-0.15, -0.1) is 0 Å². The molecule has 1 heterocycles. The Labute approximate surface area is 104 Å². The van der Waals surface area contributed by atoms with Crippen LogP contribution in [0.25, 0.3) is 0 Å². The van der Waals surface area contributed by atoms with E-state index >= 15 is 0 Å². The summed E-state index contributed by atoms with van der Waals surface area (Å²) in [5.41, 5.74) is 1.64. The summed E-state index contributed by atoms with van der Waals surface area (Å²) < 4.78 is 15.0. The van der Waals surface area contributed by atoms with E-state index < -0.39 is 5.97 Å². The van der Waals surface area contributed by atoms with Crippen LogP contribution in [0, 0.1) is 19.7 Å². The number of aromatic nitrogens is 2. The summed E-state index contributed by atoms with van der Waals surface area (Å²) in [5, 5.41) is 13.2. The first kappa shape index (κ1) is 12.3. The van der Waals surface area contributed by atoms with Crippen molar-refractivity contribution in [1.29, 1.82) is 0 Å². The Morgan fingerprint density at radius 3 is 2.61 bits per heavy atom. The molecule has 4 nitrogen and oxygen atoms in total. The largest absolute Gasteiger partial charge is 0.478 e. The first-order valence-corrected chi connectivity index (χ1v) is 5.51. The minimum absolute atomic E-state index is 0.186. The minimum Gasteiger partial charge on any atom is -0.478 e. The molecule has 0 unspecified atom stereocenters. The van der Waals surface area contributed by atoms with E-state index in [2.05, 4.69) is 5.10 Å². The van der Waals surface area contributed by atoms with Gasteiger partial charge in [-0.25, -0.2) is 9.18 Å². The fourth-order valence-corrected chi connectivity index (χ4v) is 1.95. The Kier molecular flexibility index (Phi) is 3.14. The third-order valence-electron chi connectivity index (χ3n) is 2.87. The monoisotopic (exact) mass is 248 g/mol. The summed E-state index contributed by atoms with van der Waals surface area (Å²) in [4.78, 5) is 11.0. The zero-order chi connectivity index (χ0) is 13.3. The van der Waals surface area contributed by atoms with Crippen molar-refractivity contribution in [3.63, 3.8) is 0 Å². The van der Waals surface area contributed by atoms with Crippen LogP contribution >= 0.6 is 0 Å². The molecule has 0 saturated heterocycles. The van der Waals surface area contributed by atoms with Gasteiger partial charge in [0.2, 0.25) is 0 Å². The number of carboxylic acid groups (broad SMARTS) is 1. The van der Waals surface area contributed by atoms with Crippen molar-refractivity contribution in [2.24, 2.45) is 0 Å². The molecule has 1 N–H and O–H groups in total. The maximum Gasteiger partial charge on any atom is 0.339 e. The molecule has 1 aromatic carbocycles. The zero-order valence-corrected chi connectivity index (χ0v) is 10.1. The van der Waals surface area contributed by atoms with Gasteiger partial charge >= 0.3 is 5.97 Å². The molecule has 0 aliphatic rings. The number of halogens is 1. The van der Waals surface area contributed by atoms with Crippen LogP contribution in [0.4, 0.5) is 4.39 Å². The molecule has 2 aromatic rings. The van der Waals surface area contributed by atoms with Crippen molar-refractivity contribution in [3.8, 4) is 0 Å². The number of aromatic carboxylic acids is 1. The SMILES string of the molecule is Cc1nn(Cc2ccccc2F)c(C)c1C(=O)O. The summed E-state index contributed by atoms with van der Waals surface area (Å²) in [6.07, 6.45) is 0. The molecule has 0 bridgehead atoms. The number of aryl methyl sites for hydroxylation is 1. The van der Waals surface area contributed by atoms with Gasteiger partial charge in [-0.2, -0.15) is 5.10 Å². The Bertz CT molecular complexity index is 605. The number of carbonyl (C=O) groups is 1. The van der Waals surface area contributed by atoms with E-state index in [1.54, 1.807) is 32.0 Å². The quantitative estimate of drug-likeness (QED) is 0.907. The van der Waals surface area contributed by atoms with Crippen molar-refractivity contribution in [3.05, 3.63) is 52.6 Å². The average Bonchev–Trinajstić information content (AvgIpc) is 2.57. The molecule has 2 rings (SSSR count). The smallest absolute Gasteiger partial charge is 0.339 e. The van der Waals surface area contributed by atoms with E-state index in [1.807, 2.05) is 0 Å². The van der Waals surface area contributed by atoms with Crippen LogP contribution in [-0.4, -0.2) is 20.9 Å². The molecule has 0 aliphatic carbocycles. The predicted molar refractivity (Wildman–Crippen MR) is 64.2 cm³/mol. The normalized spacial score (nSPS) is 10.6. The molecule has 5 heteroatoms. The van der Waals surface area contributed by atoms with Crippen LogP contribution < -0.4 is 0 Å². The molecule has 0 fully saturated rings. The van der Waals surface area contributed by atoms with E-state index in [1.165, 1.54) is 10.7 Å². The average molecular weight is 248 g/mol. The highest BCUT2D eigenvalue weighted by Crippen LogP contribution is 2.15. The van der Waals surface area contributed by atoms with Gasteiger partial charge in [0.25, 0.3) is 0 Å². The third kappa shape index (κ3) is 2.11. The standard InChI is InChI=1S/C13H13FN2O2/c1-8-12(13(17)18)9(2)16(15-8)7-10-5-3-4-6-11(10)14/h3-6H,7H2,1-2H3,(H,17,18). The summed E-state index contributed by atoms with van der Waals surface area (Å²) in [6.45, 7) is 3.53. The summed E-state index contributed by atoms with van der Waals surface area (Å²) in [7, 11) is 0. The molecule has 0 radical (unpaired) electrons. The number of carboxylic acids is 1. The van der Waals surface area contributed by atoms with Crippen molar-refractivity contribution in [2.45, 2.75) is 20.4 Å². The third-order valence-corrected chi connectivity index (χ3v) is 2.87. The Hall–Kier alpha value is -2.17. The zero-order valence-electron chi connectivity index (χ0n) is 10.1. The van der Waals surface area contributed by atoms with Gasteiger partial charge in [-0.1, -0.05) is 18.2 Å². The van der Waals surface area contributed by atoms with Gasteiger partial charge in [0.15, 0.2) is 0 Å². The van der Waals surface area contributed by atoms with Crippen molar-refractivity contribution >= 4 is 5.97 Å². The van der Waals surface area contributed by atoms with Gasteiger partial charge in [0.05, 0.1) is 17.9 Å². The van der Waals surface area contributed by atoms with E-state index in [0.29, 0.717) is 17.0 Å². The first-order valence-electron chi connectivity index (χ1n) is 5.51. The molecule has 0 atom stereocenters. The highest BCUT2D eigenvalue weighted by molar-refractivity contribution is 5.90. The molecular weight excluding hydrogens is 235 g/mol. The van der Waals surface area contributed by atoms with Crippen molar-refractivity contribution < 1.29 is 14.3 Å². The van der Waals surface area contributed by atoms with E-state index in [9.17, 15) is 9.18 Å². The van der Waals surface area contributed by atoms with E-state index in [-0.39, 0.29) is 17.9 Å². The summed E-state index contributed by atoms with van der Waals surface area (Å²) in [6, 6.07) is 6.39. The second-order valence-corrected chi connectivity index (χ2v) is 4.10.